The van der Waals surface area contributed by atoms with E-state index in [1.54, 1.807) is 11.1 Å². The highest BCUT2D eigenvalue weighted by Gasteiger charge is 2.27. The second-order valence-electron chi connectivity index (χ2n) is 9.71. The largest absolute Gasteiger partial charge is 0.489 e. The summed E-state index contributed by atoms with van der Waals surface area (Å²) in [6.07, 6.45) is 5.22. The van der Waals surface area contributed by atoms with Crippen molar-refractivity contribution in [2.75, 3.05) is 13.1 Å². The number of aromatic nitrogens is 2. The van der Waals surface area contributed by atoms with Gasteiger partial charge in [0.05, 0.1) is 11.7 Å². The summed E-state index contributed by atoms with van der Waals surface area (Å²) in [6.45, 7) is 11.3. The Hall–Kier alpha value is -2.67. The van der Waals surface area contributed by atoms with Crippen molar-refractivity contribution in [1.29, 1.82) is 0 Å². The van der Waals surface area contributed by atoms with Crippen LogP contribution in [0.4, 0.5) is 4.79 Å². The minimum absolute atomic E-state index is 0.0700. The number of nitrogens with zero attached hydrogens (tertiary/aromatic N) is 3. The Morgan fingerprint density at radius 1 is 1.12 bits per heavy atom. The van der Waals surface area contributed by atoms with Gasteiger partial charge in [-0.3, -0.25) is 0 Å². The smallest absolute Gasteiger partial charge is 0.410 e. The molecule has 0 radical (unpaired) electrons. The van der Waals surface area contributed by atoms with Crippen LogP contribution in [0.5, 0.6) is 5.75 Å². The van der Waals surface area contributed by atoms with Crippen LogP contribution in [0.2, 0.25) is 0 Å². The first-order chi connectivity index (χ1) is 15.7. The Balaban J connectivity index is 1.36. The van der Waals surface area contributed by atoms with E-state index in [4.69, 9.17) is 9.47 Å². The number of rotatable bonds is 5. The number of hydrogen-bond donors (Lipinski definition) is 0. The number of thioether (sulfide) groups is 1. The fraction of sp³-hybridized carbons (Fsp3) is 0.462. The Bertz CT molecular complexity index is 1090. The van der Waals surface area contributed by atoms with Gasteiger partial charge in [0.15, 0.2) is 0 Å². The Morgan fingerprint density at radius 3 is 2.52 bits per heavy atom. The van der Waals surface area contributed by atoms with Crippen molar-refractivity contribution in [3.05, 3.63) is 48.8 Å². The molecule has 1 amide bonds. The number of carbonyl (C=O) groups excluding carboxylic acids is 1. The molecule has 7 heteroatoms. The summed E-state index contributed by atoms with van der Waals surface area (Å²) in [6, 6.07) is 12.6. The van der Waals surface area contributed by atoms with Crippen LogP contribution in [0.25, 0.3) is 16.7 Å². The zero-order chi connectivity index (χ0) is 23.6. The minimum atomic E-state index is -0.474. The highest BCUT2D eigenvalue weighted by Crippen LogP contribution is 2.29. The number of pyridine rings is 1. The second-order valence-corrected chi connectivity index (χ2v) is 11.4. The summed E-state index contributed by atoms with van der Waals surface area (Å²) in [5, 5.41) is 1.77. The van der Waals surface area contributed by atoms with Crippen LogP contribution in [0.1, 0.15) is 47.5 Å². The summed E-state index contributed by atoms with van der Waals surface area (Å²) >= 11 is 1.87. The number of benzene rings is 1. The number of hydrogen-bond acceptors (Lipinski definition) is 5. The monoisotopic (exact) mass is 467 g/mol. The van der Waals surface area contributed by atoms with Gasteiger partial charge in [-0.05, 0) is 57.2 Å². The third-order valence-electron chi connectivity index (χ3n) is 5.40. The van der Waals surface area contributed by atoms with Gasteiger partial charge in [-0.15, -0.1) is 11.8 Å². The molecule has 0 aliphatic carbocycles. The van der Waals surface area contributed by atoms with Crippen molar-refractivity contribution in [2.45, 2.75) is 69.3 Å². The number of likely N-dealkylation sites (tertiary alicyclic amines) is 1. The first-order valence-electron chi connectivity index (χ1n) is 11.6. The van der Waals surface area contributed by atoms with Gasteiger partial charge in [0, 0.05) is 47.7 Å². The van der Waals surface area contributed by atoms with Gasteiger partial charge < -0.3 is 18.9 Å². The van der Waals surface area contributed by atoms with Gasteiger partial charge in [-0.25, -0.2) is 9.78 Å². The lowest BCUT2D eigenvalue weighted by atomic mass is 10.1. The fourth-order valence-corrected chi connectivity index (χ4v) is 4.81. The Labute approximate surface area is 200 Å². The number of amides is 1. The van der Waals surface area contributed by atoms with E-state index in [0.717, 1.165) is 29.9 Å². The molecule has 6 nitrogen and oxygen atoms in total. The standard InChI is InChI=1S/C26H33N3O3S/c1-18(2)33-22-7-8-23-19(16-22)10-15-29(23)24-9-6-21(17-27-24)31-20-11-13-28(14-12-20)25(30)32-26(3,4)5/h6-10,15-18,20H,11-14H2,1-5H3. The topological polar surface area (TPSA) is 56.6 Å². The van der Waals surface area contributed by atoms with Crippen LogP contribution in [-0.4, -0.2) is 50.6 Å². The molecule has 1 fully saturated rings. The number of ether oxygens (including phenoxy) is 2. The molecule has 1 saturated heterocycles. The Morgan fingerprint density at radius 2 is 1.88 bits per heavy atom. The molecule has 1 aromatic carbocycles. The lowest BCUT2D eigenvalue weighted by Crippen LogP contribution is -2.44. The third kappa shape index (κ3) is 6.02. The van der Waals surface area contributed by atoms with E-state index < -0.39 is 5.60 Å². The molecule has 0 unspecified atom stereocenters. The summed E-state index contributed by atoms with van der Waals surface area (Å²) in [7, 11) is 0. The van der Waals surface area contributed by atoms with Crippen molar-refractivity contribution in [2.24, 2.45) is 0 Å². The maximum atomic E-state index is 12.2. The summed E-state index contributed by atoms with van der Waals surface area (Å²) in [4.78, 5) is 19.9. The lowest BCUT2D eigenvalue weighted by Gasteiger charge is -2.33. The van der Waals surface area contributed by atoms with Crippen molar-refractivity contribution in [1.82, 2.24) is 14.5 Å². The third-order valence-corrected chi connectivity index (χ3v) is 6.39. The number of carbonyl (C=O) groups is 1. The molecule has 2 aromatic heterocycles. The normalized spacial score (nSPS) is 15.3. The van der Waals surface area contributed by atoms with Crippen LogP contribution < -0.4 is 4.74 Å². The zero-order valence-electron chi connectivity index (χ0n) is 20.1. The number of fused-ring (bicyclic) bond motifs is 1. The second kappa shape index (κ2) is 9.67. The van der Waals surface area contributed by atoms with Gasteiger partial charge in [0.2, 0.25) is 0 Å². The van der Waals surface area contributed by atoms with E-state index in [1.807, 2.05) is 44.7 Å². The van der Waals surface area contributed by atoms with Crippen LogP contribution in [-0.2, 0) is 4.74 Å². The van der Waals surface area contributed by atoms with Gasteiger partial charge in [0.1, 0.15) is 23.3 Å². The Kier molecular flexibility index (Phi) is 6.88. The summed E-state index contributed by atoms with van der Waals surface area (Å²) in [5.41, 5.74) is 0.664. The quantitative estimate of drug-likeness (QED) is 0.412. The molecular formula is C26H33N3O3S. The van der Waals surface area contributed by atoms with E-state index in [-0.39, 0.29) is 12.2 Å². The molecule has 33 heavy (non-hydrogen) atoms. The molecule has 0 bridgehead atoms. The number of piperidine rings is 1. The molecular weight excluding hydrogens is 434 g/mol. The molecule has 4 rings (SSSR count). The molecule has 3 heterocycles. The molecule has 1 aliphatic heterocycles. The summed E-state index contributed by atoms with van der Waals surface area (Å²) in [5.74, 6) is 1.61. The van der Waals surface area contributed by atoms with Crippen LogP contribution in [0.15, 0.2) is 53.7 Å². The predicted molar refractivity (Wildman–Crippen MR) is 134 cm³/mol. The highest BCUT2D eigenvalue weighted by atomic mass is 32.2. The zero-order valence-corrected chi connectivity index (χ0v) is 20.9. The van der Waals surface area contributed by atoms with Gasteiger partial charge >= 0.3 is 6.09 Å². The van der Waals surface area contributed by atoms with Crippen molar-refractivity contribution in [3.8, 4) is 11.6 Å². The van der Waals surface area contributed by atoms with Crippen LogP contribution >= 0.6 is 11.8 Å². The van der Waals surface area contributed by atoms with Gasteiger partial charge in [-0.1, -0.05) is 13.8 Å². The fourth-order valence-electron chi connectivity index (χ4n) is 3.93. The van der Waals surface area contributed by atoms with Crippen molar-refractivity contribution in [3.63, 3.8) is 0 Å². The maximum Gasteiger partial charge on any atom is 0.410 e. The predicted octanol–water partition coefficient (Wildman–Crippen LogP) is 6.30. The van der Waals surface area contributed by atoms with Crippen LogP contribution in [0.3, 0.4) is 0 Å². The van der Waals surface area contributed by atoms with E-state index in [0.29, 0.717) is 18.3 Å². The molecule has 0 N–H and O–H groups in total. The van der Waals surface area contributed by atoms with Crippen molar-refractivity contribution >= 4 is 28.8 Å². The van der Waals surface area contributed by atoms with Gasteiger partial charge in [0.25, 0.3) is 0 Å². The highest BCUT2D eigenvalue weighted by molar-refractivity contribution is 7.99. The van der Waals surface area contributed by atoms with E-state index >= 15 is 0 Å². The minimum Gasteiger partial charge on any atom is -0.489 e. The van der Waals surface area contributed by atoms with Crippen molar-refractivity contribution < 1.29 is 14.3 Å². The lowest BCUT2D eigenvalue weighted by molar-refractivity contribution is 0.0126. The molecule has 1 aliphatic rings. The molecule has 176 valence electrons. The first kappa shape index (κ1) is 23.5. The SMILES string of the molecule is CC(C)Sc1ccc2c(ccn2-c2ccc(OC3CCN(C(=O)OC(C)(C)C)CC3)cn2)c1. The van der Waals surface area contributed by atoms with E-state index in [9.17, 15) is 4.79 Å². The first-order valence-corrected chi connectivity index (χ1v) is 12.4. The van der Waals surface area contributed by atoms with E-state index in [2.05, 4.69) is 53.9 Å². The molecule has 0 atom stereocenters. The molecule has 0 saturated carbocycles. The average molecular weight is 468 g/mol. The molecule has 3 aromatic rings. The van der Waals surface area contributed by atoms with Crippen LogP contribution in [0, 0.1) is 0 Å². The average Bonchev–Trinajstić information content (AvgIpc) is 3.16. The van der Waals surface area contributed by atoms with E-state index in [1.165, 1.54) is 10.3 Å². The molecule has 0 spiro atoms. The maximum absolute atomic E-state index is 12.2. The summed E-state index contributed by atoms with van der Waals surface area (Å²) < 4.78 is 13.7. The van der Waals surface area contributed by atoms with Gasteiger partial charge in [-0.2, -0.15) is 0 Å².